The normalized spacial score (nSPS) is 13.5. The lowest BCUT2D eigenvalue weighted by Crippen LogP contribution is -2.31. The van der Waals surface area contributed by atoms with Crippen molar-refractivity contribution in [3.05, 3.63) is 106 Å². The molecule has 0 aromatic heterocycles. The average Bonchev–Trinajstić information content (AvgIpc) is 2.87. The van der Waals surface area contributed by atoms with E-state index < -0.39 is 39.8 Å². The van der Waals surface area contributed by atoms with Crippen molar-refractivity contribution in [1.29, 1.82) is 0 Å². The number of carbonyl (C=O) groups is 1. The number of non-ortho nitro benzene ring substituents is 1. The summed E-state index contributed by atoms with van der Waals surface area (Å²) in [5.74, 6) is -1.80. The number of nitro benzene ring substituents is 1. The number of benzene rings is 3. The van der Waals surface area contributed by atoms with Gasteiger partial charge in [-0.25, -0.2) is 4.39 Å². The second-order valence-corrected chi connectivity index (χ2v) is 8.74. The molecule has 0 saturated heterocycles. The van der Waals surface area contributed by atoms with E-state index in [1.54, 1.807) is 12.1 Å². The smallest absolute Gasteiger partial charge is 0.313 e. The first-order valence-electron chi connectivity index (χ1n) is 10.8. The van der Waals surface area contributed by atoms with Crippen molar-refractivity contribution in [3.8, 4) is 0 Å². The van der Waals surface area contributed by atoms with Crippen LogP contribution < -0.4 is 4.31 Å². The number of carbonyl (C=O) groups excluding carboxylic acids is 1. The molecule has 8 nitrogen and oxygen atoms in total. The molecule has 0 saturated carbocycles. The fraction of sp³-hybridized carbons (Fsp3) is 0.240. The largest absolute Gasteiger partial charge is 0.755 e. The summed E-state index contributed by atoms with van der Waals surface area (Å²) in [4.78, 5) is 22.9. The molecule has 184 valence electrons. The highest BCUT2D eigenvalue weighted by Gasteiger charge is 2.25. The second-order valence-electron chi connectivity index (χ2n) is 7.86. The van der Waals surface area contributed by atoms with Gasteiger partial charge in [0, 0.05) is 41.5 Å². The summed E-state index contributed by atoms with van der Waals surface area (Å²) in [7, 11) is 1.31. The second kappa shape index (κ2) is 12.2. The number of methoxy groups -OCH3 is 1. The zero-order chi connectivity index (χ0) is 25.4. The molecular formula is C25H24FN2O6S-. The number of hydrogen-bond acceptors (Lipinski definition) is 6. The first-order chi connectivity index (χ1) is 16.8. The Balaban J connectivity index is 1.89. The van der Waals surface area contributed by atoms with Gasteiger partial charge in [-0.2, -0.15) is 0 Å². The van der Waals surface area contributed by atoms with Crippen LogP contribution in [0, 0.1) is 15.9 Å². The van der Waals surface area contributed by atoms with Gasteiger partial charge in [0.1, 0.15) is 5.82 Å². The SMILES string of the molecule is COC(=O)C(CCC(CN(c1ccc([N+](=O)[O-])cc1)S(=O)[O-])c1ccc(F)cc1)c1ccccc1. The number of nitro groups is 1. The Kier molecular flexibility index (Phi) is 9.04. The van der Waals surface area contributed by atoms with Crippen molar-refractivity contribution in [2.45, 2.75) is 24.7 Å². The van der Waals surface area contributed by atoms with Crippen molar-refractivity contribution in [3.63, 3.8) is 0 Å². The Morgan fingerprint density at radius 2 is 1.63 bits per heavy atom. The van der Waals surface area contributed by atoms with Gasteiger partial charge in [-0.1, -0.05) is 42.5 Å². The van der Waals surface area contributed by atoms with E-state index in [9.17, 15) is 28.1 Å². The highest BCUT2D eigenvalue weighted by molar-refractivity contribution is 7.80. The molecule has 0 amide bonds. The van der Waals surface area contributed by atoms with Gasteiger partial charge in [0.25, 0.3) is 5.69 Å². The maximum atomic E-state index is 13.6. The van der Waals surface area contributed by atoms with Gasteiger partial charge in [0.15, 0.2) is 0 Å². The van der Waals surface area contributed by atoms with Crippen LogP contribution in [0.1, 0.15) is 35.8 Å². The van der Waals surface area contributed by atoms with Gasteiger partial charge in [-0.15, -0.1) is 0 Å². The van der Waals surface area contributed by atoms with Crippen molar-refractivity contribution in [2.24, 2.45) is 0 Å². The van der Waals surface area contributed by atoms with Gasteiger partial charge in [-0.05, 0) is 48.2 Å². The van der Waals surface area contributed by atoms with Crippen molar-refractivity contribution in [2.75, 3.05) is 18.0 Å². The van der Waals surface area contributed by atoms with Crippen LogP contribution in [0.2, 0.25) is 0 Å². The molecule has 10 heteroatoms. The van der Waals surface area contributed by atoms with Gasteiger partial charge < -0.3 is 13.6 Å². The molecule has 0 aliphatic carbocycles. The minimum Gasteiger partial charge on any atom is -0.755 e. The van der Waals surface area contributed by atoms with Crippen molar-refractivity contribution >= 4 is 28.6 Å². The van der Waals surface area contributed by atoms with Gasteiger partial charge in [0.2, 0.25) is 0 Å². The monoisotopic (exact) mass is 499 g/mol. The van der Waals surface area contributed by atoms with E-state index in [-0.39, 0.29) is 17.9 Å². The molecule has 0 aliphatic heterocycles. The molecule has 0 radical (unpaired) electrons. The fourth-order valence-electron chi connectivity index (χ4n) is 3.91. The predicted octanol–water partition coefficient (Wildman–Crippen LogP) is 4.86. The summed E-state index contributed by atoms with van der Waals surface area (Å²) in [6, 6.07) is 20.0. The Bertz CT molecular complexity index is 1160. The molecule has 3 aromatic carbocycles. The zero-order valence-electron chi connectivity index (χ0n) is 18.9. The average molecular weight is 500 g/mol. The van der Waals surface area contributed by atoms with E-state index >= 15 is 0 Å². The van der Waals surface area contributed by atoms with E-state index in [4.69, 9.17) is 4.74 Å². The molecule has 0 bridgehead atoms. The maximum absolute atomic E-state index is 13.6. The number of anilines is 1. The zero-order valence-corrected chi connectivity index (χ0v) is 19.7. The Morgan fingerprint density at radius 3 is 2.17 bits per heavy atom. The maximum Gasteiger partial charge on any atom is 0.313 e. The number of rotatable bonds is 11. The molecule has 0 fully saturated rings. The van der Waals surface area contributed by atoms with Crippen LogP contribution in [0.5, 0.6) is 0 Å². The van der Waals surface area contributed by atoms with E-state index in [1.165, 1.54) is 43.5 Å². The number of esters is 1. The van der Waals surface area contributed by atoms with Gasteiger partial charge in [-0.3, -0.25) is 19.1 Å². The highest BCUT2D eigenvalue weighted by atomic mass is 32.2. The Labute approximate surface area is 204 Å². The summed E-state index contributed by atoms with van der Waals surface area (Å²) in [5.41, 5.74) is 1.56. The quantitative estimate of drug-likeness (QED) is 0.161. The minimum atomic E-state index is -2.68. The minimum absolute atomic E-state index is 0.0117. The van der Waals surface area contributed by atoms with Crippen LogP contribution in [0.3, 0.4) is 0 Å². The van der Waals surface area contributed by atoms with Crippen LogP contribution >= 0.6 is 0 Å². The summed E-state index contributed by atoms with van der Waals surface area (Å²) in [6.45, 7) is -0.0117. The standard InChI is InChI=1S/C25H25FN2O6S/c1-34-25(29)24(19-5-3-2-4-6-19)16-9-20(18-7-10-21(26)11-8-18)17-27(35(32)33)22-12-14-23(15-13-22)28(30)31/h2-8,10-15,20,24H,9,16-17H2,1H3,(H,32,33)/p-1. The van der Waals surface area contributed by atoms with Crippen LogP contribution in [0.25, 0.3) is 0 Å². The van der Waals surface area contributed by atoms with Crippen LogP contribution in [-0.4, -0.2) is 33.3 Å². The molecule has 0 aliphatic rings. The summed E-state index contributed by atoms with van der Waals surface area (Å²) >= 11 is -2.68. The summed E-state index contributed by atoms with van der Waals surface area (Å²) in [5, 5.41) is 11.0. The molecule has 3 rings (SSSR count). The number of nitrogens with zero attached hydrogens (tertiary/aromatic N) is 2. The topological polar surface area (TPSA) is 113 Å². The van der Waals surface area contributed by atoms with E-state index in [0.717, 1.165) is 9.87 Å². The lowest BCUT2D eigenvalue weighted by molar-refractivity contribution is -0.384. The summed E-state index contributed by atoms with van der Waals surface area (Å²) < 4.78 is 43.9. The number of hydrogen-bond donors (Lipinski definition) is 0. The third-order valence-electron chi connectivity index (χ3n) is 5.75. The molecule has 0 heterocycles. The van der Waals surface area contributed by atoms with Gasteiger partial charge in [0.05, 0.1) is 18.0 Å². The third-order valence-corrected chi connectivity index (χ3v) is 6.47. The molecule has 3 aromatic rings. The first kappa shape index (κ1) is 26.0. The van der Waals surface area contributed by atoms with Crippen LogP contribution in [0.4, 0.5) is 15.8 Å². The molecule has 3 unspecified atom stereocenters. The van der Waals surface area contributed by atoms with E-state index in [0.29, 0.717) is 18.4 Å². The first-order valence-corrected chi connectivity index (χ1v) is 11.8. The van der Waals surface area contributed by atoms with Gasteiger partial charge >= 0.3 is 5.97 Å². The lowest BCUT2D eigenvalue weighted by Gasteiger charge is -2.31. The molecule has 3 atom stereocenters. The highest BCUT2D eigenvalue weighted by Crippen LogP contribution is 2.32. The molecule has 35 heavy (non-hydrogen) atoms. The predicted molar refractivity (Wildman–Crippen MR) is 129 cm³/mol. The molecule has 0 spiro atoms. The lowest BCUT2D eigenvalue weighted by atomic mass is 9.87. The third kappa shape index (κ3) is 6.93. The van der Waals surface area contributed by atoms with Crippen LogP contribution in [-0.2, 0) is 20.8 Å². The van der Waals surface area contributed by atoms with Crippen molar-refractivity contribution < 1.29 is 27.6 Å². The number of halogens is 1. The van der Waals surface area contributed by atoms with Crippen LogP contribution in [0.15, 0.2) is 78.9 Å². The Morgan fingerprint density at radius 1 is 1.00 bits per heavy atom. The fourth-order valence-corrected chi connectivity index (χ4v) is 4.50. The molecular weight excluding hydrogens is 475 g/mol. The molecule has 0 N–H and O–H groups in total. The summed E-state index contributed by atoms with van der Waals surface area (Å²) in [6.07, 6.45) is 0.749. The number of ether oxygens (including phenoxy) is 1. The Hall–Kier alpha value is -3.63. The van der Waals surface area contributed by atoms with E-state index in [2.05, 4.69) is 0 Å². The van der Waals surface area contributed by atoms with E-state index in [1.807, 2.05) is 30.3 Å². The van der Waals surface area contributed by atoms with Crippen molar-refractivity contribution in [1.82, 2.24) is 0 Å².